The molecular formula is C19H27N3O2. The maximum Gasteiger partial charge on any atom is 0.246 e. The molecule has 5 heteroatoms. The molecule has 1 aromatic carbocycles. The highest BCUT2D eigenvalue weighted by atomic mass is 16.2. The van der Waals surface area contributed by atoms with Crippen LogP contribution in [0.4, 0.5) is 0 Å². The molecular weight excluding hydrogens is 302 g/mol. The smallest absolute Gasteiger partial charge is 0.246 e. The Bertz CT molecular complexity index is 575. The summed E-state index contributed by atoms with van der Waals surface area (Å²) in [6.07, 6.45) is 3.32. The van der Waals surface area contributed by atoms with Gasteiger partial charge in [0.2, 0.25) is 11.8 Å². The third kappa shape index (κ3) is 4.02. The van der Waals surface area contributed by atoms with Crippen LogP contribution in [0.5, 0.6) is 0 Å². The summed E-state index contributed by atoms with van der Waals surface area (Å²) in [5.74, 6) is -0.0710. The van der Waals surface area contributed by atoms with Gasteiger partial charge in [0.05, 0.1) is 12.5 Å². The molecule has 130 valence electrons. The molecule has 3 rings (SSSR count). The van der Waals surface area contributed by atoms with E-state index in [-0.39, 0.29) is 23.9 Å². The molecule has 2 heterocycles. The first kappa shape index (κ1) is 17.1. The van der Waals surface area contributed by atoms with Crippen molar-refractivity contribution in [1.82, 2.24) is 15.1 Å². The molecule has 0 bridgehead atoms. The Morgan fingerprint density at radius 1 is 1.21 bits per heavy atom. The van der Waals surface area contributed by atoms with Gasteiger partial charge in [0.1, 0.15) is 0 Å². The maximum absolute atomic E-state index is 12.4. The predicted octanol–water partition coefficient (Wildman–Crippen LogP) is 1.78. The minimum Gasteiger partial charge on any atom is -0.301 e. The molecule has 2 aliphatic heterocycles. The fourth-order valence-electron chi connectivity index (χ4n) is 3.73. The van der Waals surface area contributed by atoms with Gasteiger partial charge in [-0.15, -0.1) is 0 Å². The lowest BCUT2D eigenvalue weighted by molar-refractivity contribution is -0.138. The van der Waals surface area contributed by atoms with Crippen LogP contribution in [0, 0.1) is 0 Å². The third-order valence-corrected chi connectivity index (χ3v) is 4.88. The standard InChI is InChI=1S/C19H27N3O2/c1-2-10-22-18(23)12-17(19(22)24)20-16-9-6-11-21(14-16)13-15-7-4-3-5-8-15/h3-5,7-8,16-17,20H,2,6,9-14H2,1H3. The Morgan fingerprint density at radius 3 is 2.75 bits per heavy atom. The van der Waals surface area contributed by atoms with Crippen molar-refractivity contribution in [3.05, 3.63) is 35.9 Å². The molecule has 0 aromatic heterocycles. The molecule has 24 heavy (non-hydrogen) atoms. The number of rotatable bonds is 6. The van der Waals surface area contributed by atoms with Gasteiger partial charge >= 0.3 is 0 Å². The van der Waals surface area contributed by atoms with Gasteiger partial charge in [-0.25, -0.2) is 0 Å². The Labute approximate surface area is 144 Å². The number of amides is 2. The first-order valence-corrected chi connectivity index (χ1v) is 9.04. The van der Waals surface area contributed by atoms with E-state index in [4.69, 9.17) is 0 Å². The zero-order valence-corrected chi connectivity index (χ0v) is 14.4. The second kappa shape index (κ2) is 7.90. The molecule has 0 aliphatic carbocycles. The van der Waals surface area contributed by atoms with Crippen molar-refractivity contribution in [3.8, 4) is 0 Å². The van der Waals surface area contributed by atoms with Crippen LogP contribution in [0.15, 0.2) is 30.3 Å². The number of likely N-dealkylation sites (tertiary alicyclic amines) is 2. The topological polar surface area (TPSA) is 52.7 Å². The third-order valence-electron chi connectivity index (χ3n) is 4.88. The van der Waals surface area contributed by atoms with Crippen molar-refractivity contribution >= 4 is 11.8 Å². The summed E-state index contributed by atoms with van der Waals surface area (Å²) in [4.78, 5) is 28.2. The van der Waals surface area contributed by atoms with E-state index < -0.39 is 0 Å². The molecule has 2 saturated heterocycles. The molecule has 2 atom stereocenters. The monoisotopic (exact) mass is 329 g/mol. The summed E-state index contributed by atoms with van der Waals surface area (Å²) in [5, 5.41) is 3.45. The van der Waals surface area contributed by atoms with E-state index in [1.165, 1.54) is 10.5 Å². The molecule has 0 radical (unpaired) electrons. The number of nitrogens with one attached hydrogen (secondary N) is 1. The van der Waals surface area contributed by atoms with E-state index in [1.807, 2.05) is 13.0 Å². The number of nitrogens with zero attached hydrogens (tertiary/aromatic N) is 2. The predicted molar refractivity (Wildman–Crippen MR) is 93.3 cm³/mol. The Balaban J connectivity index is 1.54. The van der Waals surface area contributed by atoms with Gasteiger partial charge in [-0.3, -0.25) is 19.4 Å². The zero-order valence-electron chi connectivity index (χ0n) is 14.4. The van der Waals surface area contributed by atoms with E-state index >= 15 is 0 Å². The lowest BCUT2D eigenvalue weighted by Crippen LogP contribution is -2.51. The summed E-state index contributed by atoms with van der Waals surface area (Å²) in [7, 11) is 0. The SMILES string of the molecule is CCCN1C(=O)CC(NC2CCCN(Cc3ccccc3)C2)C1=O. The molecule has 5 nitrogen and oxygen atoms in total. The second-order valence-corrected chi connectivity index (χ2v) is 6.87. The first-order valence-electron chi connectivity index (χ1n) is 9.04. The fraction of sp³-hybridized carbons (Fsp3) is 0.579. The highest BCUT2D eigenvalue weighted by molar-refractivity contribution is 6.05. The summed E-state index contributed by atoms with van der Waals surface area (Å²) >= 11 is 0. The van der Waals surface area contributed by atoms with Gasteiger partial charge in [0, 0.05) is 25.7 Å². The van der Waals surface area contributed by atoms with E-state index in [1.54, 1.807) is 0 Å². The van der Waals surface area contributed by atoms with Gasteiger partial charge in [0.25, 0.3) is 0 Å². The number of hydrogen-bond acceptors (Lipinski definition) is 4. The number of benzene rings is 1. The highest BCUT2D eigenvalue weighted by Crippen LogP contribution is 2.18. The van der Waals surface area contributed by atoms with Crippen LogP contribution in [-0.2, 0) is 16.1 Å². The number of piperidine rings is 1. The van der Waals surface area contributed by atoms with Crippen molar-refractivity contribution in [2.75, 3.05) is 19.6 Å². The summed E-state index contributed by atoms with van der Waals surface area (Å²) < 4.78 is 0. The number of carbonyl (C=O) groups is 2. The Morgan fingerprint density at radius 2 is 2.00 bits per heavy atom. The molecule has 2 aliphatic rings. The average Bonchev–Trinajstić information content (AvgIpc) is 2.84. The van der Waals surface area contributed by atoms with Crippen molar-refractivity contribution in [2.45, 2.75) is 51.2 Å². The van der Waals surface area contributed by atoms with Crippen LogP contribution >= 0.6 is 0 Å². The normalized spacial score (nSPS) is 25.5. The molecule has 2 unspecified atom stereocenters. The van der Waals surface area contributed by atoms with Crippen LogP contribution < -0.4 is 5.32 Å². The number of imide groups is 1. The minimum absolute atomic E-state index is 0.0312. The quantitative estimate of drug-likeness (QED) is 0.808. The Hall–Kier alpha value is -1.72. The largest absolute Gasteiger partial charge is 0.301 e. The lowest BCUT2D eigenvalue weighted by Gasteiger charge is -2.34. The highest BCUT2D eigenvalue weighted by Gasteiger charge is 2.39. The molecule has 0 spiro atoms. The van der Waals surface area contributed by atoms with Crippen LogP contribution in [0.2, 0.25) is 0 Å². The first-order chi connectivity index (χ1) is 11.7. The molecule has 1 N–H and O–H groups in total. The van der Waals surface area contributed by atoms with Gasteiger partial charge in [-0.2, -0.15) is 0 Å². The number of carbonyl (C=O) groups excluding carboxylic acids is 2. The lowest BCUT2D eigenvalue weighted by atomic mass is 10.0. The van der Waals surface area contributed by atoms with Crippen molar-refractivity contribution in [1.29, 1.82) is 0 Å². The molecule has 2 amide bonds. The van der Waals surface area contributed by atoms with Crippen LogP contribution in [0.1, 0.15) is 38.2 Å². The van der Waals surface area contributed by atoms with E-state index in [0.717, 1.165) is 38.9 Å². The molecule has 0 saturated carbocycles. The maximum atomic E-state index is 12.4. The average molecular weight is 329 g/mol. The van der Waals surface area contributed by atoms with E-state index in [2.05, 4.69) is 34.5 Å². The fourth-order valence-corrected chi connectivity index (χ4v) is 3.73. The summed E-state index contributed by atoms with van der Waals surface area (Å²) in [6.45, 7) is 5.50. The Kier molecular flexibility index (Phi) is 5.63. The number of hydrogen-bond donors (Lipinski definition) is 1. The van der Waals surface area contributed by atoms with Gasteiger partial charge in [-0.05, 0) is 31.4 Å². The van der Waals surface area contributed by atoms with Crippen molar-refractivity contribution < 1.29 is 9.59 Å². The van der Waals surface area contributed by atoms with Crippen molar-refractivity contribution in [2.24, 2.45) is 0 Å². The minimum atomic E-state index is -0.328. The summed E-state index contributed by atoms with van der Waals surface area (Å²) in [5.41, 5.74) is 1.32. The molecule has 1 aromatic rings. The van der Waals surface area contributed by atoms with Crippen LogP contribution in [0.25, 0.3) is 0 Å². The zero-order chi connectivity index (χ0) is 16.9. The molecule has 2 fully saturated rings. The summed E-state index contributed by atoms with van der Waals surface area (Å²) in [6, 6.07) is 10.4. The van der Waals surface area contributed by atoms with Gasteiger partial charge < -0.3 is 5.32 Å². The van der Waals surface area contributed by atoms with Crippen molar-refractivity contribution in [3.63, 3.8) is 0 Å². The van der Waals surface area contributed by atoms with Gasteiger partial charge in [-0.1, -0.05) is 37.3 Å². The van der Waals surface area contributed by atoms with Gasteiger partial charge in [0.15, 0.2) is 0 Å². The van der Waals surface area contributed by atoms with Crippen LogP contribution in [0.3, 0.4) is 0 Å². The second-order valence-electron chi connectivity index (χ2n) is 6.87. The van der Waals surface area contributed by atoms with Crippen LogP contribution in [-0.4, -0.2) is 53.3 Å². The van der Waals surface area contributed by atoms with E-state index in [9.17, 15) is 9.59 Å². The van der Waals surface area contributed by atoms with E-state index in [0.29, 0.717) is 13.0 Å².